The summed E-state index contributed by atoms with van der Waals surface area (Å²) in [5.41, 5.74) is 4.08. The lowest BCUT2D eigenvalue weighted by molar-refractivity contribution is 0.242. The van der Waals surface area contributed by atoms with Crippen LogP contribution < -0.4 is 10.5 Å². The highest BCUT2D eigenvalue weighted by Gasteiger charge is 2.24. The van der Waals surface area contributed by atoms with Gasteiger partial charge >= 0.3 is 0 Å². The van der Waals surface area contributed by atoms with E-state index in [0.717, 1.165) is 67.1 Å². The van der Waals surface area contributed by atoms with Gasteiger partial charge in [0.1, 0.15) is 0 Å². The molecule has 0 bridgehead atoms. The summed E-state index contributed by atoms with van der Waals surface area (Å²) in [5, 5.41) is 1.15. The van der Waals surface area contributed by atoms with E-state index in [0.29, 0.717) is 12.5 Å². The molecule has 1 aromatic carbocycles. The highest BCUT2D eigenvalue weighted by Crippen LogP contribution is 2.23. The molecule has 0 spiro atoms. The van der Waals surface area contributed by atoms with Gasteiger partial charge in [0.15, 0.2) is 0 Å². The highest BCUT2D eigenvalue weighted by atomic mass is 16.1. The summed E-state index contributed by atoms with van der Waals surface area (Å²) in [5.74, 6) is 1.41. The van der Waals surface area contributed by atoms with Gasteiger partial charge in [-0.25, -0.2) is 4.98 Å². The number of fused-ring (bicyclic) bond motifs is 2. The minimum atomic E-state index is 0.0237. The molecule has 1 N–H and O–H groups in total. The van der Waals surface area contributed by atoms with Crippen molar-refractivity contribution in [3.63, 3.8) is 0 Å². The van der Waals surface area contributed by atoms with E-state index in [-0.39, 0.29) is 5.56 Å². The van der Waals surface area contributed by atoms with E-state index in [4.69, 9.17) is 4.98 Å². The van der Waals surface area contributed by atoms with Crippen LogP contribution in [0.5, 0.6) is 0 Å². The van der Waals surface area contributed by atoms with Crippen molar-refractivity contribution in [2.75, 3.05) is 24.5 Å². The topological polar surface area (TPSA) is 65.1 Å². The second kappa shape index (κ2) is 7.59. The number of hydrogen-bond donors (Lipinski definition) is 1. The van der Waals surface area contributed by atoms with Crippen LogP contribution in [0.4, 0.5) is 5.95 Å². The Morgan fingerprint density at radius 1 is 1.24 bits per heavy atom. The first-order chi connectivity index (χ1) is 14.2. The molecule has 29 heavy (non-hydrogen) atoms. The van der Waals surface area contributed by atoms with Gasteiger partial charge in [-0.3, -0.25) is 19.7 Å². The second-order valence-corrected chi connectivity index (χ2v) is 8.50. The van der Waals surface area contributed by atoms with Crippen molar-refractivity contribution < 1.29 is 0 Å². The first kappa shape index (κ1) is 18.3. The van der Waals surface area contributed by atoms with Crippen molar-refractivity contribution in [1.82, 2.24) is 19.9 Å². The zero-order valence-electron chi connectivity index (χ0n) is 16.9. The van der Waals surface area contributed by atoms with Gasteiger partial charge in [-0.1, -0.05) is 19.1 Å². The average Bonchev–Trinajstić information content (AvgIpc) is 2.74. The summed E-state index contributed by atoms with van der Waals surface area (Å²) in [6.07, 6.45) is 5.06. The third-order valence-corrected chi connectivity index (χ3v) is 6.17. The quantitative estimate of drug-likeness (QED) is 0.746. The van der Waals surface area contributed by atoms with E-state index in [1.54, 1.807) is 0 Å². The van der Waals surface area contributed by atoms with Crippen molar-refractivity contribution in [3.05, 3.63) is 63.7 Å². The lowest BCUT2D eigenvalue weighted by atomic mass is 10.0. The van der Waals surface area contributed by atoms with Crippen LogP contribution in [0.1, 0.15) is 36.6 Å². The van der Waals surface area contributed by atoms with Crippen LogP contribution in [0.25, 0.3) is 10.9 Å². The first-order valence-electron chi connectivity index (χ1n) is 10.6. The molecule has 4 heterocycles. The van der Waals surface area contributed by atoms with Crippen molar-refractivity contribution in [2.24, 2.45) is 5.92 Å². The minimum absolute atomic E-state index is 0.0237. The van der Waals surface area contributed by atoms with Gasteiger partial charge in [-0.15, -0.1) is 0 Å². The predicted octanol–water partition coefficient (Wildman–Crippen LogP) is 3.11. The summed E-state index contributed by atoms with van der Waals surface area (Å²) in [6, 6.07) is 10.5. The summed E-state index contributed by atoms with van der Waals surface area (Å²) in [7, 11) is 0. The fourth-order valence-corrected chi connectivity index (χ4v) is 4.62. The number of pyridine rings is 1. The van der Waals surface area contributed by atoms with Crippen LogP contribution >= 0.6 is 0 Å². The number of aromatic amines is 1. The van der Waals surface area contributed by atoms with Crippen LogP contribution in [0.15, 0.2) is 41.3 Å². The number of rotatable bonds is 3. The van der Waals surface area contributed by atoms with Crippen LogP contribution in [0, 0.1) is 5.92 Å². The number of hydrogen-bond acceptors (Lipinski definition) is 5. The maximum absolute atomic E-state index is 12.8. The number of benzene rings is 1. The molecule has 1 saturated heterocycles. The molecule has 2 aliphatic rings. The number of anilines is 1. The van der Waals surface area contributed by atoms with Gasteiger partial charge < -0.3 is 4.90 Å². The van der Waals surface area contributed by atoms with Gasteiger partial charge in [-0.2, -0.15) is 0 Å². The molecule has 0 amide bonds. The summed E-state index contributed by atoms with van der Waals surface area (Å²) in [6.45, 7) is 6.63. The SMILES string of the molecule is C[C@@H]1CCCN(c2nc3c(c(=O)[nH]2)CN(Cc2ccc4ncccc4c2)CC3)C1. The molecule has 0 saturated carbocycles. The Labute approximate surface area is 170 Å². The van der Waals surface area contributed by atoms with Crippen LogP contribution in [0.2, 0.25) is 0 Å². The number of H-pyrrole nitrogens is 1. The zero-order chi connectivity index (χ0) is 19.8. The Bertz CT molecular complexity index is 1090. The molecule has 2 aliphatic heterocycles. The number of aromatic nitrogens is 3. The third-order valence-electron chi connectivity index (χ3n) is 6.17. The van der Waals surface area contributed by atoms with Crippen LogP contribution in [-0.4, -0.2) is 39.5 Å². The number of nitrogens with zero attached hydrogens (tertiary/aromatic N) is 4. The lowest BCUT2D eigenvalue weighted by Crippen LogP contribution is -2.39. The first-order valence-corrected chi connectivity index (χ1v) is 10.6. The Kier molecular flexibility index (Phi) is 4.79. The molecule has 0 radical (unpaired) electrons. The number of nitrogens with one attached hydrogen (secondary N) is 1. The van der Waals surface area contributed by atoms with Gasteiger partial charge in [0.25, 0.3) is 5.56 Å². The molecule has 5 rings (SSSR count). The maximum atomic E-state index is 12.8. The molecule has 1 atom stereocenters. The minimum Gasteiger partial charge on any atom is -0.342 e. The smallest absolute Gasteiger partial charge is 0.257 e. The molecule has 6 heteroatoms. The van der Waals surface area contributed by atoms with E-state index in [9.17, 15) is 4.79 Å². The zero-order valence-corrected chi connectivity index (χ0v) is 16.9. The summed E-state index contributed by atoms with van der Waals surface area (Å²) in [4.78, 5) is 29.7. The van der Waals surface area contributed by atoms with Crippen molar-refractivity contribution in [3.8, 4) is 0 Å². The largest absolute Gasteiger partial charge is 0.342 e. The average molecular weight is 390 g/mol. The Morgan fingerprint density at radius 2 is 2.17 bits per heavy atom. The lowest BCUT2D eigenvalue weighted by Gasteiger charge is -2.33. The Morgan fingerprint density at radius 3 is 3.07 bits per heavy atom. The standard InChI is InChI=1S/C23H27N5O/c1-16-4-3-10-28(13-16)23-25-21-8-11-27(15-19(21)22(29)26-23)14-17-6-7-20-18(12-17)5-2-9-24-20/h2,5-7,9,12,16H,3-4,8,10-11,13-15H2,1H3,(H,25,26,29)/t16-/m1/s1. The van der Waals surface area contributed by atoms with E-state index in [1.165, 1.54) is 12.0 Å². The Hall–Kier alpha value is -2.73. The summed E-state index contributed by atoms with van der Waals surface area (Å²) >= 11 is 0. The molecule has 6 nitrogen and oxygen atoms in total. The van der Waals surface area contributed by atoms with Crippen molar-refractivity contribution in [2.45, 2.75) is 39.3 Å². The van der Waals surface area contributed by atoms with Gasteiger partial charge in [0, 0.05) is 50.7 Å². The van der Waals surface area contributed by atoms with Crippen molar-refractivity contribution in [1.29, 1.82) is 0 Å². The molecule has 150 valence electrons. The van der Waals surface area contributed by atoms with Crippen molar-refractivity contribution >= 4 is 16.9 Å². The molecule has 3 aromatic rings. The Balaban J connectivity index is 1.34. The fraction of sp³-hybridized carbons (Fsp3) is 0.435. The molecular formula is C23H27N5O. The van der Waals surface area contributed by atoms with E-state index in [2.05, 4.69) is 51.0 Å². The second-order valence-electron chi connectivity index (χ2n) is 8.50. The van der Waals surface area contributed by atoms with E-state index < -0.39 is 0 Å². The van der Waals surface area contributed by atoms with Crippen LogP contribution in [0.3, 0.4) is 0 Å². The highest BCUT2D eigenvalue weighted by molar-refractivity contribution is 5.78. The van der Waals surface area contributed by atoms with Gasteiger partial charge in [0.05, 0.1) is 16.8 Å². The van der Waals surface area contributed by atoms with E-state index >= 15 is 0 Å². The van der Waals surface area contributed by atoms with E-state index in [1.807, 2.05) is 12.3 Å². The molecule has 0 aliphatic carbocycles. The summed E-state index contributed by atoms with van der Waals surface area (Å²) < 4.78 is 0. The third kappa shape index (κ3) is 3.77. The predicted molar refractivity (Wildman–Crippen MR) is 115 cm³/mol. The van der Waals surface area contributed by atoms with Gasteiger partial charge in [0.2, 0.25) is 5.95 Å². The maximum Gasteiger partial charge on any atom is 0.257 e. The number of piperidine rings is 1. The molecular weight excluding hydrogens is 362 g/mol. The van der Waals surface area contributed by atoms with Gasteiger partial charge in [-0.05, 0) is 42.5 Å². The molecule has 0 unspecified atom stereocenters. The fourth-order valence-electron chi connectivity index (χ4n) is 4.62. The molecule has 1 fully saturated rings. The van der Waals surface area contributed by atoms with Crippen LogP contribution in [-0.2, 0) is 19.5 Å². The normalized spacial score (nSPS) is 20.0. The monoisotopic (exact) mass is 389 g/mol. The molecule has 2 aromatic heterocycles.